The van der Waals surface area contributed by atoms with Gasteiger partial charge in [0.2, 0.25) is 0 Å². The van der Waals surface area contributed by atoms with Gasteiger partial charge in [-0.2, -0.15) is 5.10 Å². The number of nitrogens with one attached hydrogen (secondary N) is 1. The maximum atomic E-state index is 12.3. The van der Waals surface area contributed by atoms with Crippen LogP contribution in [0.2, 0.25) is 5.02 Å². The Morgan fingerprint density at radius 1 is 1.14 bits per heavy atom. The number of nitrogens with zero attached hydrogens (tertiary/aromatic N) is 3. The van der Waals surface area contributed by atoms with E-state index in [1.54, 1.807) is 6.07 Å². The average molecular weight is 399 g/mol. The summed E-state index contributed by atoms with van der Waals surface area (Å²) in [4.78, 5) is 34.5. The lowest BCUT2D eigenvalue weighted by atomic mass is 10.1. The molecule has 0 saturated heterocycles. The summed E-state index contributed by atoms with van der Waals surface area (Å²) in [5.74, 6) is -0.569. The Morgan fingerprint density at radius 3 is 2.61 bits per heavy atom. The molecule has 0 radical (unpaired) electrons. The zero-order valence-electron chi connectivity index (χ0n) is 14.5. The number of carbonyl (C=O) groups is 1. The van der Waals surface area contributed by atoms with Crippen LogP contribution in [0.15, 0.2) is 65.5 Å². The van der Waals surface area contributed by atoms with Gasteiger partial charge >= 0.3 is 0 Å². The van der Waals surface area contributed by atoms with Crippen molar-refractivity contribution in [3.63, 3.8) is 0 Å². The summed E-state index contributed by atoms with van der Waals surface area (Å²) in [6, 6.07) is 16.1. The van der Waals surface area contributed by atoms with E-state index in [9.17, 15) is 19.7 Å². The minimum Gasteiger partial charge on any atom is -0.350 e. The molecule has 142 valence electrons. The van der Waals surface area contributed by atoms with Crippen LogP contribution in [-0.2, 0) is 6.54 Å². The second kappa shape index (κ2) is 8.45. The summed E-state index contributed by atoms with van der Waals surface area (Å²) >= 11 is 5.95. The fourth-order valence-electron chi connectivity index (χ4n) is 2.54. The van der Waals surface area contributed by atoms with Crippen LogP contribution in [0.25, 0.3) is 11.3 Å². The van der Waals surface area contributed by atoms with Crippen LogP contribution >= 0.6 is 11.6 Å². The Morgan fingerprint density at radius 2 is 1.89 bits per heavy atom. The molecular formula is C19H15ClN4O4. The topological polar surface area (TPSA) is 107 Å². The van der Waals surface area contributed by atoms with Gasteiger partial charge in [0.15, 0.2) is 0 Å². The molecule has 1 amide bonds. The number of rotatable bonds is 6. The molecule has 2 aromatic carbocycles. The van der Waals surface area contributed by atoms with Gasteiger partial charge in [-0.05, 0) is 12.1 Å². The molecule has 1 aromatic heterocycles. The lowest BCUT2D eigenvalue weighted by Crippen LogP contribution is -2.32. The van der Waals surface area contributed by atoms with Gasteiger partial charge < -0.3 is 5.32 Å². The number of amides is 1. The van der Waals surface area contributed by atoms with Crippen molar-refractivity contribution in [3.05, 3.63) is 91.7 Å². The molecule has 1 heterocycles. The SMILES string of the molecule is O=C(NCCn1nc(-c2ccccc2)ccc1=O)c1cc([N+](=O)[O-])ccc1Cl. The van der Waals surface area contributed by atoms with E-state index in [2.05, 4.69) is 10.4 Å². The summed E-state index contributed by atoms with van der Waals surface area (Å²) in [6.07, 6.45) is 0. The second-order valence-corrected chi connectivity index (χ2v) is 6.23. The van der Waals surface area contributed by atoms with Crippen molar-refractivity contribution in [2.45, 2.75) is 6.54 Å². The van der Waals surface area contributed by atoms with E-state index in [0.717, 1.165) is 11.6 Å². The summed E-state index contributed by atoms with van der Waals surface area (Å²) < 4.78 is 1.25. The van der Waals surface area contributed by atoms with Crippen LogP contribution in [0.1, 0.15) is 10.4 Å². The summed E-state index contributed by atoms with van der Waals surface area (Å²) in [5.41, 5.74) is 0.955. The molecule has 0 aliphatic heterocycles. The van der Waals surface area contributed by atoms with Crippen LogP contribution in [0.5, 0.6) is 0 Å². The van der Waals surface area contributed by atoms with Crippen molar-refractivity contribution in [1.82, 2.24) is 15.1 Å². The van der Waals surface area contributed by atoms with Gasteiger partial charge in [0, 0.05) is 30.3 Å². The van der Waals surface area contributed by atoms with E-state index in [4.69, 9.17) is 11.6 Å². The Bertz CT molecular complexity index is 1080. The lowest BCUT2D eigenvalue weighted by Gasteiger charge is -2.09. The summed E-state index contributed by atoms with van der Waals surface area (Å²) in [5, 5.41) is 17.9. The maximum Gasteiger partial charge on any atom is 0.270 e. The van der Waals surface area contributed by atoms with Gasteiger partial charge in [-0.1, -0.05) is 41.9 Å². The molecule has 3 rings (SSSR count). The molecule has 1 N–H and O–H groups in total. The molecule has 0 saturated carbocycles. The number of hydrogen-bond acceptors (Lipinski definition) is 5. The standard InChI is InChI=1S/C19H15ClN4O4/c20-16-7-6-14(24(27)28)12-15(16)19(26)21-10-11-23-18(25)9-8-17(22-23)13-4-2-1-3-5-13/h1-9,12H,10-11H2,(H,21,26). The quantitative estimate of drug-likeness (QED) is 0.507. The minimum atomic E-state index is -0.605. The number of non-ortho nitro benzene ring substituents is 1. The Balaban J connectivity index is 1.70. The van der Waals surface area contributed by atoms with Gasteiger partial charge in [-0.3, -0.25) is 19.7 Å². The number of aromatic nitrogens is 2. The fourth-order valence-corrected chi connectivity index (χ4v) is 2.75. The number of nitro benzene ring substituents is 1. The van der Waals surface area contributed by atoms with Crippen molar-refractivity contribution in [2.75, 3.05) is 6.54 Å². The lowest BCUT2D eigenvalue weighted by molar-refractivity contribution is -0.384. The molecule has 0 aliphatic rings. The third-order valence-electron chi connectivity index (χ3n) is 3.95. The third kappa shape index (κ3) is 4.41. The van der Waals surface area contributed by atoms with Crippen molar-refractivity contribution in [3.8, 4) is 11.3 Å². The number of carbonyl (C=O) groups excluding carboxylic acids is 1. The van der Waals surface area contributed by atoms with E-state index in [1.807, 2.05) is 30.3 Å². The Kier molecular flexibility index (Phi) is 5.81. The highest BCUT2D eigenvalue weighted by Crippen LogP contribution is 2.21. The van der Waals surface area contributed by atoms with Crippen molar-refractivity contribution < 1.29 is 9.72 Å². The van der Waals surface area contributed by atoms with E-state index in [1.165, 1.54) is 22.9 Å². The van der Waals surface area contributed by atoms with Gasteiger partial charge in [-0.25, -0.2) is 4.68 Å². The normalized spacial score (nSPS) is 10.5. The number of halogens is 1. The third-order valence-corrected chi connectivity index (χ3v) is 4.28. The molecular weight excluding hydrogens is 384 g/mol. The highest BCUT2D eigenvalue weighted by molar-refractivity contribution is 6.33. The molecule has 0 bridgehead atoms. The van der Waals surface area contributed by atoms with Crippen molar-refractivity contribution in [2.24, 2.45) is 0 Å². The van der Waals surface area contributed by atoms with Crippen molar-refractivity contribution >= 4 is 23.2 Å². The van der Waals surface area contributed by atoms with Crippen LogP contribution in [-0.4, -0.2) is 27.2 Å². The average Bonchev–Trinajstić information content (AvgIpc) is 2.70. The molecule has 9 heteroatoms. The molecule has 0 aliphatic carbocycles. The molecule has 3 aromatic rings. The maximum absolute atomic E-state index is 12.3. The van der Waals surface area contributed by atoms with E-state index in [0.29, 0.717) is 5.69 Å². The molecule has 8 nitrogen and oxygen atoms in total. The van der Waals surface area contributed by atoms with Gasteiger partial charge in [0.05, 0.1) is 27.7 Å². The number of hydrogen-bond donors (Lipinski definition) is 1. The monoisotopic (exact) mass is 398 g/mol. The highest BCUT2D eigenvalue weighted by atomic mass is 35.5. The zero-order chi connectivity index (χ0) is 20.1. The van der Waals surface area contributed by atoms with Gasteiger partial charge in [-0.15, -0.1) is 0 Å². The molecule has 28 heavy (non-hydrogen) atoms. The smallest absolute Gasteiger partial charge is 0.270 e. The first-order valence-corrected chi connectivity index (χ1v) is 8.69. The first-order valence-electron chi connectivity index (χ1n) is 8.31. The van der Waals surface area contributed by atoms with Crippen molar-refractivity contribution in [1.29, 1.82) is 0 Å². The largest absolute Gasteiger partial charge is 0.350 e. The van der Waals surface area contributed by atoms with E-state index >= 15 is 0 Å². The number of nitro groups is 1. The molecule has 0 spiro atoms. The second-order valence-electron chi connectivity index (χ2n) is 5.82. The summed E-state index contributed by atoms with van der Waals surface area (Å²) in [6.45, 7) is 0.237. The first kappa shape index (κ1) is 19.2. The van der Waals surface area contributed by atoms with Crippen LogP contribution in [0.4, 0.5) is 5.69 Å². The first-order chi connectivity index (χ1) is 13.5. The molecule has 0 fully saturated rings. The molecule has 0 unspecified atom stereocenters. The van der Waals surface area contributed by atoms with Gasteiger partial charge in [0.25, 0.3) is 17.2 Å². The van der Waals surface area contributed by atoms with Crippen LogP contribution in [0, 0.1) is 10.1 Å². The predicted molar refractivity (Wildman–Crippen MR) is 104 cm³/mol. The minimum absolute atomic E-state index is 0.00536. The van der Waals surface area contributed by atoms with E-state index in [-0.39, 0.29) is 34.9 Å². The highest BCUT2D eigenvalue weighted by Gasteiger charge is 2.15. The van der Waals surface area contributed by atoms with E-state index < -0.39 is 10.8 Å². The molecule has 0 atom stereocenters. The van der Waals surface area contributed by atoms with Gasteiger partial charge in [0.1, 0.15) is 0 Å². The Labute approximate surface area is 164 Å². The van der Waals surface area contributed by atoms with Crippen LogP contribution in [0.3, 0.4) is 0 Å². The zero-order valence-corrected chi connectivity index (χ0v) is 15.3. The predicted octanol–water partition coefficient (Wildman–Crippen LogP) is 2.90. The number of benzene rings is 2. The Hall–Kier alpha value is -3.52. The van der Waals surface area contributed by atoms with Crippen LogP contribution < -0.4 is 10.9 Å². The summed E-state index contributed by atoms with van der Waals surface area (Å²) in [7, 11) is 0. The fraction of sp³-hybridized carbons (Fsp3) is 0.105.